The fourth-order valence-electron chi connectivity index (χ4n) is 4.12. The van der Waals surface area contributed by atoms with E-state index in [0.717, 1.165) is 48.8 Å². The van der Waals surface area contributed by atoms with Crippen molar-refractivity contribution in [2.45, 2.75) is 49.6 Å². The van der Waals surface area contributed by atoms with E-state index in [1.165, 1.54) is 41.0 Å². The molecule has 8 nitrogen and oxygen atoms in total. The van der Waals surface area contributed by atoms with Crippen molar-refractivity contribution >= 4 is 32.5 Å². The number of carbonyl (C=O) groups is 1. The van der Waals surface area contributed by atoms with Crippen LogP contribution >= 0.6 is 0 Å². The zero-order valence-corrected chi connectivity index (χ0v) is 19.0. The third-order valence-electron chi connectivity index (χ3n) is 6.01. The maximum Gasteiger partial charge on any atom is 0.261 e. The van der Waals surface area contributed by atoms with Gasteiger partial charge in [0.25, 0.3) is 5.56 Å². The molecule has 1 aliphatic carbocycles. The molecular weight excluding hydrogens is 447 g/mol. The molecule has 0 unspecified atom stereocenters. The Labute approximate surface area is 191 Å². The first kappa shape index (κ1) is 23.1. The normalized spacial score (nSPS) is 15.1. The molecule has 1 aromatic heterocycles. The number of fused-ring (bicyclic) bond motifs is 1. The van der Waals surface area contributed by atoms with Gasteiger partial charge in [-0.25, -0.2) is 17.8 Å². The van der Waals surface area contributed by atoms with Gasteiger partial charge in [-0.2, -0.15) is 4.31 Å². The lowest BCUT2D eigenvalue weighted by molar-refractivity contribution is -0.116. The smallest absolute Gasteiger partial charge is 0.261 e. The predicted octanol–water partition coefficient (Wildman–Crippen LogP) is 3.13. The highest BCUT2D eigenvalue weighted by Gasteiger charge is 2.28. The van der Waals surface area contributed by atoms with Crippen LogP contribution in [0.4, 0.5) is 10.1 Å². The quantitative estimate of drug-likeness (QED) is 0.594. The van der Waals surface area contributed by atoms with Crippen molar-refractivity contribution in [1.29, 1.82) is 0 Å². The van der Waals surface area contributed by atoms with Gasteiger partial charge in [-0.05, 0) is 49.2 Å². The molecule has 1 heterocycles. The zero-order chi connectivity index (χ0) is 23.6. The minimum atomic E-state index is -3.62. The fraction of sp³-hybridized carbons (Fsp3) is 0.348. The van der Waals surface area contributed by atoms with Crippen LogP contribution in [0.15, 0.2) is 58.5 Å². The minimum Gasteiger partial charge on any atom is -0.325 e. The minimum absolute atomic E-state index is 0.00787. The number of anilines is 1. The molecule has 1 fully saturated rings. The van der Waals surface area contributed by atoms with Crippen molar-refractivity contribution in [2.24, 2.45) is 0 Å². The van der Waals surface area contributed by atoms with Gasteiger partial charge in [0.05, 0.1) is 22.1 Å². The molecule has 33 heavy (non-hydrogen) atoms. The van der Waals surface area contributed by atoms with Crippen LogP contribution in [-0.2, 0) is 21.4 Å². The van der Waals surface area contributed by atoms with Crippen LogP contribution in [0.1, 0.15) is 32.1 Å². The molecule has 4 rings (SSSR count). The zero-order valence-electron chi connectivity index (χ0n) is 18.2. The Balaban J connectivity index is 1.44. The molecule has 3 aromatic rings. The van der Waals surface area contributed by atoms with Gasteiger partial charge in [0.1, 0.15) is 12.4 Å². The number of benzene rings is 2. The van der Waals surface area contributed by atoms with Crippen LogP contribution in [-0.4, -0.2) is 41.3 Å². The summed E-state index contributed by atoms with van der Waals surface area (Å²) in [5.41, 5.74) is 0.164. The molecule has 0 bridgehead atoms. The standard InChI is InChI=1S/C23H25FN4O4S/c1-27(18-5-3-2-4-6-18)33(31,32)19-10-8-17(9-11-19)26-22(29)14-28-15-25-21-13-16(24)7-12-20(21)23(28)30/h7-13,15,18H,2-6,14H2,1H3,(H,26,29). The summed E-state index contributed by atoms with van der Waals surface area (Å²) in [6.45, 7) is -0.288. The molecular formula is C23H25FN4O4S. The van der Waals surface area contributed by atoms with Crippen molar-refractivity contribution in [1.82, 2.24) is 13.9 Å². The molecule has 0 saturated heterocycles. The highest BCUT2D eigenvalue weighted by atomic mass is 32.2. The Morgan fingerprint density at radius 1 is 1.15 bits per heavy atom. The lowest BCUT2D eigenvalue weighted by Gasteiger charge is -2.30. The van der Waals surface area contributed by atoms with Crippen LogP contribution in [0.3, 0.4) is 0 Å². The van der Waals surface area contributed by atoms with E-state index < -0.39 is 27.3 Å². The topological polar surface area (TPSA) is 101 Å². The third kappa shape index (κ3) is 4.96. The lowest BCUT2D eigenvalue weighted by atomic mass is 9.96. The van der Waals surface area contributed by atoms with Crippen molar-refractivity contribution in [3.05, 3.63) is 65.0 Å². The summed E-state index contributed by atoms with van der Waals surface area (Å²) in [7, 11) is -2.01. The van der Waals surface area contributed by atoms with Crippen molar-refractivity contribution in [3.8, 4) is 0 Å². The monoisotopic (exact) mass is 472 g/mol. The molecule has 0 aliphatic heterocycles. The Bertz CT molecular complexity index is 1330. The second-order valence-corrected chi connectivity index (χ2v) is 10.2. The largest absolute Gasteiger partial charge is 0.325 e. The number of aromatic nitrogens is 2. The molecule has 174 valence electrons. The van der Waals surface area contributed by atoms with Gasteiger partial charge in [-0.1, -0.05) is 19.3 Å². The Morgan fingerprint density at radius 2 is 1.85 bits per heavy atom. The first-order chi connectivity index (χ1) is 15.8. The average Bonchev–Trinajstić information content (AvgIpc) is 2.81. The molecule has 1 N–H and O–H groups in total. The maximum absolute atomic E-state index is 13.3. The molecule has 1 saturated carbocycles. The molecule has 0 radical (unpaired) electrons. The number of sulfonamides is 1. The summed E-state index contributed by atoms with van der Waals surface area (Å²) in [4.78, 5) is 29.2. The van der Waals surface area contributed by atoms with Crippen LogP contribution in [0.5, 0.6) is 0 Å². The van der Waals surface area contributed by atoms with Gasteiger partial charge in [0.15, 0.2) is 0 Å². The number of amides is 1. The van der Waals surface area contributed by atoms with E-state index in [-0.39, 0.29) is 28.4 Å². The summed E-state index contributed by atoms with van der Waals surface area (Å²) in [5.74, 6) is -0.976. The van der Waals surface area contributed by atoms with E-state index in [0.29, 0.717) is 5.69 Å². The molecule has 0 atom stereocenters. The predicted molar refractivity (Wildman–Crippen MR) is 123 cm³/mol. The fourth-order valence-corrected chi connectivity index (χ4v) is 5.53. The van der Waals surface area contributed by atoms with Gasteiger partial charge in [-0.3, -0.25) is 14.2 Å². The Morgan fingerprint density at radius 3 is 2.55 bits per heavy atom. The first-order valence-corrected chi connectivity index (χ1v) is 12.2. The molecule has 1 amide bonds. The number of hydrogen-bond donors (Lipinski definition) is 1. The number of halogens is 1. The summed E-state index contributed by atoms with van der Waals surface area (Å²) in [6, 6.07) is 9.62. The SMILES string of the molecule is CN(C1CCCCC1)S(=O)(=O)c1ccc(NC(=O)Cn2cnc3cc(F)ccc3c2=O)cc1. The van der Waals surface area contributed by atoms with E-state index in [9.17, 15) is 22.4 Å². The number of nitrogens with one attached hydrogen (secondary N) is 1. The molecule has 10 heteroatoms. The van der Waals surface area contributed by atoms with Gasteiger partial charge in [0, 0.05) is 24.8 Å². The van der Waals surface area contributed by atoms with Crippen molar-refractivity contribution in [3.63, 3.8) is 0 Å². The van der Waals surface area contributed by atoms with E-state index in [1.807, 2.05) is 0 Å². The Kier molecular flexibility index (Phi) is 6.57. The highest BCUT2D eigenvalue weighted by Crippen LogP contribution is 2.27. The average molecular weight is 473 g/mol. The van der Waals surface area contributed by atoms with Gasteiger partial charge in [0.2, 0.25) is 15.9 Å². The highest BCUT2D eigenvalue weighted by molar-refractivity contribution is 7.89. The summed E-state index contributed by atoms with van der Waals surface area (Å²) < 4.78 is 41.8. The van der Waals surface area contributed by atoms with Crippen LogP contribution in [0, 0.1) is 5.82 Å². The second-order valence-electron chi connectivity index (χ2n) is 8.22. The lowest BCUT2D eigenvalue weighted by Crippen LogP contribution is -2.38. The van der Waals surface area contributed by atoms with Crippen LogP contribution in [0.25, 0.3) is 10.9 Å². The van der Waals surface area contributed by atoms with Crippen molar-refractivity contribution < 1.29 is 17.6 Å². The molecule has 2 aromatic carbocycles. The Hall–Kier alpha value is -3.11. The van der Waals surface area contributed by atoms with Gasteiger partial charge < -0.3 is 5.32 Å². The second kappa shape index (κ2) is 9.40. The van der Waals surface area contributed by atoms with Crippen molar-refractivity contribution in [2.75, 3.05) is 12.4 Å². The van der Waals surface area contributed by atoms with E-state index in [4.69, 9.17) is 0 Å². The number of hydrogen-bond acceptors (Lipinski definition) is 5. The van der Waals surface area contributed by atoms with Crippen LogP contribution in [0.2, 0.25) is 0 Å². The van der Waals surface area contributed by atoms with E-state index in [2.05, 4.69) is 10.3 Å². The number of rotatable bonds is 6. The summed E-state index contributed by atoms with van der Waals surface area (Å²) in [6.07, 6.45) is 6.12. The number of carbonyl (C=O) groups excluding carboxylic acids is 1. The first-order valence-electron chi connectivity index (χ1n) is 10.8. The summed E-state index contributed by atoms with van der Waals surface area (Å²) >= 11 is 0. The van der Waals surface area contributed by atoms with E-state index >= 15 is 0 Å². The van der Waals surface area contributed by atoms with Gasteiger partial charge in [-0.15, -0.1) is 0 Å². The molecule has 1 aliphatic rings. The summed E-state index contributed by atoms with van der Waals surface area (Å²) in [5, 5.41) is 2.86. The maximum atomic E-state index is 13.3. The van der Waals surface area contributed by atoms with Crippen LogP contribution < -0.4 is 10.9 Å². The number of nitrogens with zero attached hydrogens (tertiary/aromatic N) is 3. The van der Waals surface area contributed by atoms with Gasteiger partial charge >= 0.3 is 0 Å². The third-order valence-corrected chi connectivity index (χ3v) is 7.93. The van der Waals surface area contributed by atoms with E-state index in [1.54, 1.807) is 7.05 Å². The molecule has 0 spiro atoms.